The number of amides is 2. The molecule has 29 heavy (non-hydrogen) atoms. The van der Waals surface area contributed by atoms with Crippen LogP contribution in [0.4, 0.5) is 17.1 Å². The van der Waals surface area contributed by atoms with Crippen LogP contribution in [-0.4, -0.2) is 29.4 Å². The van der Waals surface area contributed by atoms with Gasteiger partial charge in [-0.1, -0.05) is 25.4 Å². The molecule has 1 aliphatic heterocycles. The molecule has 2 amide bonds. The molecule has 3 rings (SSSR count). The monoisotopic (exact) mass is 417 g/mol. The number of benzene rings is 2. The molecule has 0 fully saturated rings. The molecule has 1 N–H and O–H groups in total. The molecule has 2 aromatic carbocycles. The molecule has 2 aromatic rings. The number of halogens is 1. The van der Waals surface area contributed by atoms with E-state index in [0.29, 0.717) is 16.5 Å². The van der Waals surface area contributed by atoms with Gasteiger partial charge in [-0.3, -0.25) is 24.6 Å². The van der Waals surface area contributed by atoms with Crippen LogP contribution in [0.5, 0.6) is 5.75 Å². The number of ether oxygens (including phenoxy) is 1. The SMILES string of the molecule is Cc1cc(Cl)ccc1NC(=O)CN1C(=O)C(C(C)C)Oc2ccc([N+](=O)[O-])cc21. The normalized spacial score (nSPS) is 15.7. The van der Waals surface area contributed by atoms with E-state index >= 15 is 0 Å². The number of fused-ring (bicyclic) bond motifs is 1. The molecule has 0 spiro atoms. The summed E-state index contributed by atoms with van der Waals surface area (Å²) < 4.78 is 5.74. The Morgan fingerprint density at radius 1 is 1.31 bits per heavy atom. The van der Waals surface area contributed by atoms with Crippen molar-refractivity contribution in [3.8, 4) is 5.75 Å². The Morgan fingerprint density at radius 3 is 2.66 bits per heavy atom. The van der Waals surface area contributed by atoms with E-state index in [1.165, 1.54) is 23.1 Å². The fourth-order valence-electron chi connectivity index (χ4n) is 3.07. The summed E-state index contributed by atoms with van der Waals surface area (Å²) in [7, 11) is 0. The topological polar surface area (TPSA) is 102 Å². The number of carbonyl (C=O) groups is 2. The summed E-state index contributed by atoms with van der Waals surface area (Å²) in [5.74, 6) is -0.680. The zero-order valence-corrected chi connectivity index (χ0v) is 16.9. The average molecular weight is 418 g/mol. The van der Waals surface area contributed by atoms with Crippen LogP contribution in [0.25, 0.3) is 0 Å². The first-order valence-corrected chi connectivity index (χ1v) is 9.37. The number of nitrogens with one attached hydrogen (secondary N) is 1. The van der Waals surface area contributed by atoms with Crippen LogP contribution in [-0.2, 0) is 9.59 Å². The molecule has 152 valence electrons. The first kappa shape index (κ1) is 20.6. The maximum atomic E-state index is 12.9. The van der Waals surface area contributed by atoms with Gasteiger partial charge in [0.25, 0.3) is 11.6 Å². The fourth-order valence-corrected chi connectivity index (χ4v) is 3.30. The van der Waals surface area contributed by atoms with Gasteiger partial charge in [-0.2, -0.15) is 0 Å². The van der Waals surface area contributed by atoms with Crippen molar-refractivity contribution in [3.05, 3.63) is 57.1 Å². The van der Waals surface area contributed by atoms with Crippen LogP contribution >= 0.6 is 11.6 Å². The van der Waals surface area contributed by atoms with Crippen molar-refractivity contribution < 1.29 is 19.2 Å². The Hall–Kier alpha value is -3.13. The van der Waals surface area contributed by atoms with Gasteiger partial charge in [-0.25, -0.2) is 0 Å². The van der Waals surface area contributed by atoms with Crippen LogP contribution in [0.1, 0.15) is 19.4 Å². The molecule has 8 nitrogen and oxygen atoms in total. The highest BCUT2D eigenvalue weighted by Gasteiger charge is 2.38. The highest BCUT2D eigenvalue weighted by Crippen LogP contribution is 2.38. The average Bonchev–Trinajstić information content (AvgIpc) is 2.65. The first-order chi connectivity index (χ1) is 13.7. The standard InChI is InChI=1S/C20H20ClN3O5/c1-11(2)19-20(26)23(16-9-14(24(27)28)5-7-17(16)29-19)10-18(25)22-15-6-4-13(21)8-12(15)3/h4-9,11,19H,10H2,1-3H3,(H,22,25). The molecular weight excluding hydrogens is 398 g/mol. The number of aryl methyl sites for hydroxylation is 1. The van der Waals surface area contributed by atoms with Gasteiger partial charge >= 0.3 is 0 Å². The van der Waals surface area contributed by atoms with Gasteiger partial charge in [0.05, 0.1) is 10.6 Å². The second-order valence-corrected chi connectivity index (χ2v) is 7.56. The number of nitrogens with zero attached hydrogens (tertiary/aromatic N) is 2. The van der Waals surface area contributed by atoms with Crippen LogP contribution < -0.4 is 15.0 Å². The lowest BCUT2D eigenvalue weighted by atomic mass is 10.0. The third kappa shape index (κ3) is 4.32. The maximum absolute atomic E-state index is 12.9. The van der Waals surface area contributed by atoms with Crippen molar-refractivity contribution >= 4 is 40.5 Å². The van der Waals surface area contributed by atoms with E-state index in [1.54, 1.807) is 25.1 Å². The lowest BCUT2D eigenvalue weighted by Gasteiger charge is -2.35. The Labute approximate surface area is 172 Å². The molecule has 9 heteroatoms. The smallest absolute Gasteiger partial charge is 0.271 e. The third-order valence-corrected chi connectivity index (χ3v) is 4.81. The number of anilines is 2. The zero-order chi connectivity index (χ0) is 21.3. The van der Waals surface area contributed by atoms with Crippen LogP contribution in [0.3, 0.4) is 0 Å². The van der Waals surface area contributed by atoms with E-state index in [9.17, 15) is 19.7 Å². The van der Waals surface area contributed by atoms with Gasteiger partial charge in [0.15, 0.2) is 6.10 Å². The number of non-ortho nitro benzene ring substituents is 1. The van der Waals surface area contributed by atoms with Gasteiger partial charge in [0.2, 0.25) is 5.91 Å². The molecule has 0 saturated carbocycles. The minimum Gasteiger partial charge on any atom is -0.478 e. The third-order valence-electron chi connectivity index (χ3n) is 4.58. The minimum atomic E-state index is -0.783. The predicted octanol–water partition coefficient (Wildman–Crippen LogP) is 3.95. The maximum Gasteiger partial charge on any atom is 0.271 e. The Kier molecular flexibility index (Phi) is 5.74. The number of nitro groups is 1. The molecule has 0 saturated heterocycles. The van der Waals surface area contributed by atoms with E-state index < -0.39 is 22.8 Å². The van der Waals surface area contributed by atoms with Gasteiger partial charge in [-0.15, -0.1) is 0 Å². The van der Waals surface area contributed by atoms with Gasteiger partial charge < -0.3 is 10.1 Å². The van der Waals surface area contributed by atoms with Gasteiger partial charge in [0, 0.05) is 22.8 Å². The van der Waals surface area contributed by atoms with E-state index in [-0.39, 0.29) is 23.8 Å². The number of hydrogen-bond donors (Lipinski definition) is 1. The number of carbonyl (C=O) groups excluding carboxylic acids is 2. The highest BCUT2D eigenvalue weighted by molar-refractivity contribution is 6.30. The van der Waals surface area contributed by atoms with Crippen LogP contribution in [0.15, 0.2) is 36.4 Å². The molecule has 1 aliphatic rings. The van der Waals surface area contributed by atoms with Crippen molar-refractivity contribution in [3.63, 3.8) is 0 Å². The molecule has 0 bridgehead atoms. The minimum absolute atomic E-state index is 0.144. The molecule has 1 heterocycles. The summed E-state index contributed by atoms with van der Waals surface area (Å²) in [5.41, 5.74) is 1.35. The summed E-state index contributed by atoms with van der Waals surface area (Å²) >= 11 is 5.94. The summed E-state index contributed by atoms with van der Waals surface area (Å²) in [6, 6.07) is 9.03. The molecular formula is C20H20ClN3O5. The number of hydrogen-bond acceptors (Lipinski definition) is 5. The Balaban J connectivity index is 1.91. The van der Waals surface area contributed by atoms with Crippen molar-refractivity contribution in [2.24, 2.45) is 5.92 Å². The highest BCUT2D eigenvalue weighted by atomic mass is 35.5. The first-order valence-electron chi connectivity index (χ1n) is 9.00. The van der Waals surface area contributed by atoms with Crippen LogP contribution in [0.2, 0.25) is 5.02 Å². The Morgan fingerprint density at radius 2 is 2.03 bits per heavy atom. The summed E-state index contributed by atoms with van der Waals surface area (Å²) in [6.07, 6.45) is -0.783. The van der Waals surface area contributed by atoms with Crippen molar-refractivity contribution in [1.29, 1.82) is 0 Å². The second kappa shape index (κ2) is 8.08. The quantitative estimate of drug-likeness (QED) is 0.586. The lowest BCUT2D eigenvalue weighted by Crippen LogP contribution is -2.50. The summed E-state index contributed by atoms with van der Waals surface area (Å²) in [6.45, 7) is 5.15. The lowest BCUT2D eigenvalue weighted by molar-refractivity contribution is -0.384. The van der Waals surface area contributed by atoms with Crippen molar-refractivity contribution in [1.82, 2.24) is 0 Å². The summed E-state index contributed by atoms with van der Waals surface area (Å²) in [4.78, 5) is 37.4. The van der Waals surface area contributed by atoms with Crippen molar-refractivity contribution in [2.75, 3.05) is 16.8 Å². The number of nitro benzene ring substituents is 1. The molecule has 0 aromatic heterocycles. The van der Waals surface area contributed by atoms with E-state index in [0.717, 1.165) is 5.56 Å². The predicted molar refractivity (Wildman–Crippen MR) is 110 cm³/mol. The van der Waals surface area contributed by atoms with Gasteiger partial charge in [0.1, 0.15) is 12.3 Å². The van der Waals surface area contributed by atoms with Gasteiger partial charge in [-0.05, 0) is 42.7 Å². The Bertz CT molecular complexity index is 992. The molecule has 1 unspecified atom stereocenters. The van der Waals surface area contributed by atoms with E-state index in [4.69, 9.17) is 16.3 Å². The molecule has 1 atom stereocenters. The number of rotatable bonds is 5. The van der Waals surface area contributed by atoms with E-state index in [2.05, 4.69) is 5.32 Å². The summed E-state index contributed by atoms with van der Waals surface area (Å²) in [5, 5.41) is 14.4. The molecule has 0 radical (unpaired) electrons. The fraction of sp³-hybridized carbons (Fsp3) is 0.300. The van der Waals surface area contributed by atoms with E-state index in [1.807, 2.05) is 13.8 Å². The molecule has 0 aliphatic carbocycles. The van der Waals surface area contributed by atoms with Crippen molar-refractivity contribution in [2.45, 2.75) is 26.9 Å². The van der Waals surface area contributed by atoms with Crippen LogP contribution in [0, 0.1) is 23.0 Å². The zero-order valence-electron chi connectivity index (χ0n) is 16.1. The largest absolute Gasteiger partial charge is 0.478 e. The second-order valence-electron chi connectivity index (χ2n) is 7.12.